The highest BCUT2D eigenvalue weighted by molar-refractivity contribution is 5.73. The lowest BCUT2D eigenvalue weighted by molar-refractivity contribution is -0.192. The van der Waals surface area contributed by atoms with Gasteiger partial charge in [-0.25, -0.2) is 9.78 Å². The molecule has 0 bridgehead atoms. The predicted molar refractivity (Wildman–Crippen MR) is 72.2 cm³/mol. The number of piperidine rings is 1. The second-order valence-corrected chi connectivity index (χ2v) is 4.81. The third kappa shape index (κ3) is 6.44. The second kappa shape index (κ2) is 8.74. The van der Waals surface area contributed by atoms with Crippen LogP contribution in [0.3, 0.4) is 0 Å². The van der Waals surface area contributed by atoms with Crippen LogP contribution in [0.2, 0.25) is 0 Å². The second-order valence-electron chi connectivity index (χ2n) is 4.81. The molecule has 2 N–H and O–H groups in total. The minimum atomic E-state index is -5.08. The Morgan fingerprint density at radius 1 is 1.50 bits per heavy atom. The van der Waals surface area contributed by atoms with Crippen LogP contribution in [0.15, 0.2) is 17.0 Å². The molecule has 6 nitrogen and oxygen atoms in total. The van der Waals surface area contributed by atoms with Gasteiger partial charge in [0.05, 0.1) is 12.7 Å². The third-order valence-corrected chi connectivity index (χ3v) is 3.32. The molecule has 0 unspecified atom stereocenters. The molecule has 0 saturated carbocycles. The average molecular weight is 323 g/mol. The van der Waals surface area contributed by atoms with Crippen molar-refractivity contribution < 1.29 is 27.5 Å². The standard InChI is InChI=1S/C11H19N3O.C2HF3O2/c1-2-14(8-11-7-13-9-15-11)10-3-5-12-6-4-10;3-2(4,5)1(6)7/h7,9-10,12H,2-6,8H2,1H3;(H,6,7). The van der Waals surface area contributed by atoms with E-state index in [1.807, 2.05) is 6.20 Å². The molecule has 1 aromatic rings. The zero-order valence-corrected chi connectivity index (χ0v) is 12.3. The van der Waals surface area contributed by atoms with Crippen LogP contribution < -0.4 is 5.32 Å². The van der Waals surface area contributed by atoms with Crippen molar-refractivity contribution in [2.75, 3.05) is 19.6 Å². The number of hydrogen-bond acceptors (Lipinski definition) is 5. The zero-order chi connectivity index (χ0) is 16.6. The summed E-state index contributed by atoms with van der Waals surface area (Å²) in [6.07, 6.45) is 0.708. The van der Waals surface area contributed by atoms with Crippen LogP contribution in [0.1, 0.15) is 25.5 Å². The molecule has 1 aromatic heterocycles. The van der Waals surface area contributed by atoms with Crippen molar-refractivity contribution in [1.82, 2.24) is 15.2 Å². The van der Waals surface area contributed by atoms with E-state index in [4.69, 9.17) is 14.3 Å². The van der Waals surface area contributed by atoms with Crippen LogP contribution in [0.4, 0.5) is 13.2 Å². The summed E-state index contributed by atoms with van der Waals surface area (Å²) >= 11 is 0. The van der Waals surface area contributed by atoms with Gasteiger partial charge in [0.25, 0.3) is 0 Å². The Labute approximate surface area is 126 Å². The molecule has 1 aliphatic rings. The molecule has 2 rings (SSSR count). The van der Waals surface area contributed by atoms with Gasteiger partial charge in [-0.2, -0.15) is 13.2 Å². The molecule has 0 aromatic carbocycles. The van der Waals surface area contributed by atoms with Gasteiger partial charge in [-0.05, 0) is 32.5 Å². The van der Waals surface area contributed by atoms with Crippen molar-refractivity contribution in [1.29, 1.82) is 0 Å². The minimum absolute atomic E-state index is 0.696. The Balaban J connectivity index is 0.000000295. The molecular weight excluding hydrogens is 303 g/mol. The van der Waals surface area contributed by atoms with Crippen molar-refractivity contribution in [2.45, 2.75) is 38.5 Å². The van der Waals surface area contributed by atoms with Crippen LogP contribution in [-0.4, -0.2) is 52.8 Å². The lowest BCUT2D eigenvalue weighted by atomic mass is 10.0. The summed E-state index contributed by atoms with van der Waals surface area (Å²) in [5.74, 6) is -1.79. The van der Waals surface area contributed by atoms with E-state index in [0.29, 0.717) is 6.04 Å². The highest BCUT2D eigenvalue weighted by atomic mass is 19.4. The number of nitrogens with zero attached hydrogens (tertiary/aromatic N) is 2. The number of carbonyl (C=O) groups is 1. The molecule has 126 valence electrons. The molecule has 1 fully saturated rings. The SMILES string of the molecule is CCN(Cc1cnco1)C1CCNCC1.O=C(O)C(F)(F)F. The monoisotopic (exact) mass is 323 g/mol. The summed E-state index contributed by atoms with van der Waals surface area (Å²) < 4.78 is 37.0. The van der Waals surface area contributed by atoms with E-state index < -0.39 is 12.1 Å². The maximum absolute atomic E-state index is 10.6. The smallest absolute Gasteiger partial charge is 0.475 e. The quantitative estimate of drug-likeness (QED) is 0.881. The maximum atomic E-state index is 10.6. The summed E-state index contributed by atoms with van der Waals surface area (Å²) in [4.78, 5) is 15.3. The first-order valence-corrected chi connectivity index (χ1v) is 6.96. The van der Waals surface area contributed by atoms with E-state index in [9.17, 15) is 13.2 Å². The van der Waals surface area contributed by atoms with Gasteiger partial charge in [-0.1, -0.05) is 6.92 Å². The first-order valence-electron chi connectivity index (χ1n) is 6.96. The number of alkyl halides is 3. The molecule has 2 heterocycles. The van der Waals surface area contributed by atoms with E-state index in [-0.39, 0.29) is 0 Å². The van der Waals surface area contributed by atoms with Crippen LogP contribution in [0.5, 0.6) is 0 Å². The van der Waals surface area contributed by atoms with Gasteiger partial charge in [-0.15, -0.1) is 0 Å². The lowest BCUT2D eigenvalue weighted by Gasteiger charge is -2.33. The number of carboxylic acids is 1. The number of aromatic nitrogens is 1. The number of aliphatic carboxylic acids is 1. The Morgan fingerprint density at radius 2 is 2.09 bits per heavy atom. The van der Waals surface area contributed by atoms with Gasteiger partial charge in [0, 0.05) is 6.04 Å². The molecule has 0 spiro atoms. The Kier molecular flexibility index (Phi) is 7.33. The van der Waals surface area contributed by atoms with E-state index >= 15 is 0 Å². The first-order chi connectivity index (χ1) is 10.3. The Bertz CT molecular complexity index is 431. The van der Waals surface area contributed by atoms with E-state index in [1.54, 1.807) is 0 Å². The summed E-state index contributed by atoms with van der Waals surface area (Å²) in [7, 11) is 0. The van der Waals surface area contributed by atoms with E-state index in [1.165, 1.54) is 19.2 Å². The molecule has 9 heteroatoms. The predicted octanol–water partition coefficient (Wildman–Crippen LogP) is 1.88. The van der Waals surface area contributed by atoms with Crippen molar-refractivity contribution in [2.24, 2.45) is 0 Å². The summed E-state index contributed by atoms with van der Waals surface area (Å²) in [5.41, 5.74) is 0. The maximum Gasteiger partial charge on any atom is 0.490 e. The number of carboxylic acid groups (broad SMARTS) is 1. The molecule has 22 heavy (non-hydrogen) atoms. The van der Waals surface area contributed by atoms with Gasteiger partial charge in [0.2, 0.25) is 0 Å². The number of halogens is 3. The highest BCUT2D eigenvalue weighted by Crippen LogP contribution is 2.15. The third-order valence-electron chi connectivity index (χ3n) is 3.32. The van der Waals surface area contributed by atoms with Crippen molar-refractivity contribution >= 4 is 5.97 Å². The van der Waals surface area contributed by atoms with Gasteiger partial charge in [0.1, 0.15) is 5.76 Å². The molecule has 0 radical (unpaired) electrons. The zero-order valence-electron chi connectivity index (χ0n) is 12.3. The van der Waals surface area contributed by atoms with Gasteiger partial charge in [-0.3, -0.25) is 4.90 Å². The van der Waals surface area contributed by atoms with Crippen molar-refractivity contribution in [3.63, 3.8) is 0 Å². The fourth-order valence-corrected chi connectivity index (χ4v) is 2.19. The average Bonchev–Trinajstić information content (AvgIpc) is 2.98. The van der Waals surface area contributed by atoms with Crippen molar-refractivity contribution in [3.05, 3.63) is 18.4 Å². The minimum Gasteiger partial charge on any atom is -0.475 e. The van der Waals surface area contributed by atoms with Crippen LogP contribution in [-0.2, 0) is 11.3 Å². The Hall–Kier alpha value is -1.61. The summed E-state index contributed by atoms with van der Waals surface area (Å²) in [5, 5.41) is 10.5. The van der Waals surface area contributed by atoms with E-state index in [0.717, 1.165) is 31.9 Å². The first kappa shape index (κ1) is 18.4. The largest absolute Gasteiger partial charge is 0.490 e. The molecule has 1 saturated heterocycles. The number of oxazole rings is 1. The van der Waals surface area contributed by atoms with Crippen molar-refractivity contribution in [3.8, 4) is 0 Å². The number of nitrogens with one attached hydrogen (secondary N) is 1. The molecule has 1 aliphatic heterocycles. The lowest BCUT2D eigenvalue weighted by Crippen LogP contribution is -2.42. The van der Waals surface area contributed by atoms with Crippen LogP contribution in [0, 0.1) is 0 Å². The summed E-state index contributed by atoms with van der Waals surface area (Å²) in [6, 6.07) is 0.696. The molecular formula is C13H20F3N3O3. The van der Waals surface area contributed by atoms with Gasteiger partial charge >= 0.3 is 12.1 Å². The molecule has 0 aliphatic carbocycles. The normalized spacial score (nSPS) is 16.2. The number of hydrogen-bond donors (Lipinski definition) is 2. The van der Waals surface area contributed by atoms with Crippen LogP contribution >= 0.6 is 0 Å². The highest BCUT2D eigenvalue weighted by Gasteiger charge is 2.38. The topological polar surface area (TPSA) is 78.6 Å². The van der Waals surface area contributed by atoms with Gasteiger partial charge in [0.15, 0.2) is 6.39 Å². The fraction of sp³-hybridized carbons (Fsp3) is 0.692. The fourth-order valence-electron chi connectivity index (χ4n) is 2.19. The van der Waals surface area contributed by atoms with Crippen LogP contribution in [0.25, 0.3) is 0 Å². The summed E-state index contributed by atoms with van der Waals surface area (Å²) in [6.45, 7) is 6.44. The molecule has 0 amide bonds. The number of rotatable bonds is 4. The molecule has 0 atom stereocenters. The Morgan fingerprint density at radius 3 is 2.50 bits per heavy atom. The van der Waals surface area contributed by atoms with E-state index in [2.05, 4.69) is 22.1 Å². The van der Waals surface area contributed by atoms with Gasteiger partial charge < -0.3 is 14.8 Å².